The van der Waals surface area contributed by atoms with E-state index in [0.29, 0.717) is 18.3 Å². The van der Waals surface area contributed by atoms with Gasteiger partial charge in [-0.05, 0) is 6.42 Å². The van der Waals surface area contributed by atoms with E-state index in [9.17, 15) is 13.2 Å². The minimum Gasteiger partial charge on any atom is -0.355 e. The van der Waals surface area contributed by atoms with Gasteiger partial charge < -0.3 is 5.32 Å². The van der Waals surface area contributed by atoms with Crippen LogP contribution < -0.4 is 5.32 Å². The van der Waals surface area contributed by atoms with E-state index in [2.05, 4.69) is 21.2 Å². The Bertz CT molecular complexity index is 288. The van der Waals surface area contributed by atoms with E-state index in [1.54, 1.807) is 0 Å². The molecule has 1 unspecified atom stereocenters. The summed E-state index contributed by atoms with van der Waals surface area (Å²) in [4.78, 5) is 11.3. The first-order chi connectivity index (χ1) is 6.05. The maximum atomic E-state index is 11.3. The molecular weight excluding hydrogens is 258 g/mol. The molecule has 1 atom stereocenters. The van der Waals surface area contributed by atoms with Gasteiger partial charge in [0.2, 0.25) is 5.91 Å². The lowest BCUT2D eigenvalue weighted by molar-refractivity contribution is -0.124. The van der Waals surface area contributed by atoms with Crippen molar-refractivity contribution in [1.82, 2.24) is 5.32 Å². The predicted molar refractivity (Wildman–Crippen MR) is 53.6 cm³/mol. The molecule has 0 aromatic carbocycles. The van der Waals surface area contributed by atoms with Gasteiger partial charge in [0.05, 0.1) is 17.4 Å². The standard InChI is InChI=1S/C7H12BrNO3S/c8-2-3-9-7(10)6-1-4-13(11,12)5-6/h6H,1-5H2,(H,9,10). The quantitative estimate of drug-likeness (QED) is 0.730. The molecule has 0 saturated carbocycles. The highest BCUT2D eigenvalue weighted by Gasteiger charge is 2.32. The van der Waals surface area contributed by atoms with Crippen molar-refractivity contribution in [3.05, 3.63) is 0 Å². The zero-order valence-corrected chi connectivity index (χ0v) is 9.53. The lowest BCUT2D eigenvalue weighted by Crippen LogP contribution is -2.32. The average molecular weight is 270 g/mol. The molecule has 0 spiro atoms. The fourth-order valence-electron chi connectivity index (χ4n) is 1.32. The predicted octanol–water partition coefficient (Wildman–Crippen LogP) is -0.0678. The highest BCUT2D eigenvalue weighted by atomic mass is 79.9. The van der Waals surface area contributed by atoms with Crippen LogP contribution in [0, 0.1) is 5.92 Å². The van der Waals surface area contributed by atoms with Crippen molar-refractivity contribution in [2.75, 3.05) is 23.4 Å². The van der Waals surface area contributed by atoms with Crippen LogP contribution >= 0.6 is 15.9 Å². The zero-order valence-electron chi connectivity index (χ0n) is 7.12. The van der Waals surface area contributed by atoms with E-state index >= 15 is 0 Å². The van der Waals surface area contributed by atoms with Crippen LogP contribution in [0.25, 0.3) is 0 Å². The number of rotatable bonds is 3. The number of amides is 1. The molecule has 1 N–H and O–H groups in total. The molecule has 1 amide bonds. The van der Waals surface area contributed by atoms with Crippen molar-refractivity contribution >= 4 is 31.7 Å². The second-order valence-corrected chi connectivity index (χ2v) is 6.10. The maximum absolute atomic E-state index is 11.3. The number of sulfone groups is 1. The summed E-state index contributed by atoms with van der Waals surface area (Å²) in [6, 6.07) is 0. The van der Waals surface area contributed by atoms with Gasteiger partial charge in [-0.2, -0.15) is 0 Å². The van der Waals surface area contributed by atoms with Crippen LogP contribution in [0.4, 0.5) is 0 Å². The van der Waals surface area contributed by atoms with Crippen molar-refractivity contribution in [3.63, 3.8) is 0 Å². The molecule has 0 radical (unpaired) electrons. The Labute approximate surface area is 86.1 Å². The SMILES string of the molecule is O=C(NCCBr)C1CCS(=O)(=O)C1. The fourth-order valence-corrected chi connectivity index (χ4v) is 3.26. The smallest absolute Gasteiger partial charge is 0.224 e. The van der Waals surface area contributed by atoms with Crippen LogP contribution in [0.5, 0.6) is 0 Å². The molecule has 13 heavy (non-hydrogen) atoms. The molecule has 76 valence electrons. The van der Waals surface area contributed by atoms with Crippen molar-refractivity contribution in [1.29, 1.82) is 0 Å². The number of hydrogen-bond donors (Lipinski definition) is 1. The number of nitrogens with one attached hydrogen (secondary N) is 1. The van der Waals surface area contributed by atoms with E-state index in [0.717, 1.165) is 0 Å². The summed E-state index contributed by atoms with van der Waals surface area (Å²) in [6.07, 6.45) is 0.469. The molecule has 0 aliphatic carbocycles. The molecule has 0 aromatic heterocycles. The second-order valence-electron chi connectivity index (χ2n) is 3.08. The van der Waals surface area contributed by atoms with Crippen LogP contribution in [0.3, 0.4) is 0 Å². The minimum absolute atomic E-state index is 0.0150. The van der Waals surface area contributed by atoms with Crippen LogP contribution in [-0.4, -0.2) is 37.7 Å². The van der Waals surface area contributed by atoms with Crippen LogP contribution in [0.2, 0.25) is 0 Å². The Hall–Kier alpha value is -0.100. The summed E-state index contributed by atoms with van der Waals surface area (Å²) in [5, 5.41) is 3.35. The molecule has 1 heterocycles. The monoisotopic (exact) mass is 269 g/mol. The second kappa shape index (κ2) is 4.41. The summed E-state index contributed by atoms with van der Waals surface area (Å²) >= 11 is 3.18. The van der Waals surface area contributed by atoms with Crippen molar-refractivity contribution in [2.45, 2.75) is 6.42 Å². The molecular formula is C7H12BrNO3S. The summed E-state index contributed by atoms with van der Waals surface area (Å²) in [7, 11) is -2.94. The maximum Gasteiger partial charge on any atom is 0.224 e. The first-order valence-corrected chi connectivity index (χ1v) is 7.03. The van der Waals surface area contributed by atoms with E-state index in [4.69, 9.17) is 0 Å². The summed E-state index contributed by atoms with van der Waals surface area (Å²) < 4.78 is 22.1. The highest BCUT2D eigenvalue weighted by molar-refractivity contribution is 9.09. The molecule has 1 saturated heterocycles. The van der Waals surface area contributed by atoms with Gasteiger partial charge in [-0.3, -0.25) is 4.79 Å². The molecule has 1 aliphatic heterocycles. The minimum atomic E-state index is -2.94. The average Bonchev–Trinajstić information content (AvgIpc) is 2.42. The highest BCUT2D eigenvalue weighted by Crippen LogP contribution is 2.18. The summed E-state index contributed by atoms with van der Waals surface area (Å²) in [5.41, 5.74) is 0. The van der Waals surface area contributed by atoms with Crippen LogP contribution in [0.1, 0.15) is 6.42 Å². The third-order valence-corrected chi connectivity index (χ3v) is 4.16. The largest absolute Gasteiger partial charge is 0.355 e. The third-order valence-electron chi connectivity index (χ3n) is 2.00. The van der Waals surface area contributed by atoms with Crippen molar-refractivity contribution in [2.24, 2.45) is 5.92 Å². The molecule has 1 fully saturated rings. The molecule has 0 aromatic rings. The number of carbonyl (C=O) groups is 1. The number of halogens is 1. The number of carbonyl (C=O) groups excluding carboxylic acids is 1. The zero-order chi connectivity index (χ0) is 9.90. The summed E-state index contributed by atoms with van der Waals surface area (Å²) in [5.74, 6) is -0.301. The Kier molecular flexibility index (Phi) is 3.73. The lowest BCUT2D eigenvalue weighted by Gasteiger charge is -2.07. The molecule has 4 nitrogen and oxygen atoms in total. The molecule has 0 bridgehead atoms. The molecule has 1 rings (SSSR count). The Balaban J connectivity index is 2.42. The van der Waals surface area contributed by atoms with E-state index in [1.165, 1.54) is 0 Å². The Morgan fingerprint density at radius 1 is 1.54 bits per heavy atom. The lowest BCUT2D eigenvalue weighted by atomic mass is 10.1. The van der Waals surface area contributed by atoms with Crippen molar-refractivity contribution in [3.8, 4) is 0 Å². The normalized spacial score (nSPS) is 25.8. The summed E-state index contributed by atoms with van der Waals surface area (Å²) in [6.45, 7) is 0.551. The third kappa shape index (κ3) is 3.27. The van der Waals surface area contributed by atoms with Crippen LogP contribution in [0.15, 0.2) is 0 Å². The van der Waals surface area contributed by atoms with Gasteiger partial charge in [0, 0.05) is 11.9 Å². The first-order valence-electron chi connectivity index (χ1n) is 4.09. The van der Waals surface area contributed by atoms with E-state index in [1.807, 2.05) is 0 Å². The Morgan fingerprint density at radius 2 is 2.23 bits per heavy atom. The van der Waals surface area contributed by atoms with Crippen LogP contribution in [-0.2, 0) is 14.6 Å². The molecule has 1 aliphatic rings. The van der Waals surface area contributed by atoms with Gasteiger partial charge in [0.1, 0.15) is 0 Å². The Morgan fingerprint density at radius 3 is 2.69 bits per heavy atom. The van der Waals surface area contributed by atoms with E-state index < -0.39 is 9.84 Å². The van der Waals surface area contributed by atoms with Gasteiger partial charge in [-0.1, -0.05) is 15.9 Å². The first kappa shape index (κ1) is 11.0. The topological polar surface area (TPSA) is 63.2 Å². The fraction of sp³-hybridized carbons (Fsp3) is 0.857. The number of hydrogen-bond acceptors (Lipinski definition) is 3. The van der Waals surface area contributed by atoms with Gasteiger partial charge in [0.15, 0.2) is 9.84 Å². The van der Waals surface area contributed by atoms with Gasteiger partial charge in [0.25, 0.3) is 0 Å². The van der Waals surface area contributed by atoms with Gasteiger partial charge >= 0.3 is 0 Å². The molecule has 6 heteroatoms. The van der Waals surface area contributed by atoms with Gasteiger partial charge in [-0.15, -0.1) is 0 Å². The van der Waals surface area contributed by atoms with Crippen molar-refractivity contribution < 1.29 is 13.2 Å². The number of alkyl halides is 1. The van der Waals surface area contributed by atoms with E-state index in [-0.39, 0.29) is 23.3 Å². The van der Waals surface area contributed by atoms with Gasteiger partial charge in [-0.25, -0.2) is 8.42 Å².